The molecule has 1 aliphatic carbocycles. The van der Waals surface area contributed by atoms with Crippen LogP contribution in [0.1, 0.15) is 33.1 Å². The third kappa shape index (κ3) is 8.95. The van der Waals surface area contributed by atoms with Gasteiger partial charge in [0.1, 0.15) is 30.0 Å². The van der Waals surface area contributed by atoms with Crippen molar-refractivity contribution in [3.63, 3.8) is 0 Å². The minimum atomic E-state index is -4.67. The van der Waals surface area contributed by atoms with Gasteiger partial charge in [0.25, 0.3) is 0 Å². The van der Waals surface area contributed by atoms with E-state index in [1.54, 1.807) is 14.0 Å². The van der Waals surface area contributed by atoms with Gasteiger partial charge in [-0.15, -0.1) is 0 Å². The van der Waals surface area contributed by atoms with Gasteiger partial charge in [-0.25, -0.2) is 0 Å². The molecular weight excluding hydrogens is 530 g/mol. The molecule has 0 radical (unpaired) electrons. The van der Waals surface area contributed by atoms with Crippen LogP contribution in [-0.2, 0) is 29.3 Å². The summed E-state index contributed by atoms with van der Waals surface area (Å²) in [4.78, 5) is 0. The van der Waals surface area contributed by atoms with E-state index in [2.05, 4.69) is 10.6 Å². The maximum Gasteiger partial charge on any atom is 0.394 e. The van der Waals surface area contributed by atoms with Crippen molar-refractivity contribution < 1.29 is 51.8 Å². The van der Waals surface area contributed by atoms with Crippen molar-refractivity contribution in [3.8, 4) is 0 Å². The molecule has 226 valence electrons. The molecule has 2 heterocycles. The van der Waals surface area contributed by atoms with E-state index in [0.717, 1.165) is 6.42 Å². The van der Waals surface area contributed by atoms with Crippen LogP contribution >= 0.6 is 0 Å². The van der Waals surface area contributed by atoms with Crippen molar-refractivity contribution in [2.75, 3.05) is 20.7 Å². The fraction of sp³-hybridized carbons (Fsp3) is 1.00. The summed E-state index contributed by atoms with van der Waals surface area (Å²) in [5.41, 5.74) is 17.5. The van der Waals surface area contributed by atoms with E-state index in [1.165, 1.54) is 0 Å². The molecule has 17 heteroatoms. The van der Waals surface area contributed by atoms with E-state index in [1.807, 2.05) is 14.0 Å². The first kappa shape index (κ1) is 33.6. The molecule has 38 heavy (non-hydrogen) atoms. The Bertz CT molecular complexity index is 832. The Balaban J connectivity index is 0.000000926. The number of likely N-dealkylation sites (N-methyl/N-ethyl adjacent to an activating group) is 2. The van der Waals surface area contributed by atoms with Crippen LogP contribution in [0.25, 0.3) is 0 Å². The van der Waals surface area contributed by atoms with Crippen LogP contribution in [0.15, 0.2) is 0 Å². The number of aliphatic hydroxyl groups is 3. The number of nitrogens with one attached hydrogen (secondary N) is 2. The normalized spacial score (nSPS) is 45.1. The molecule has 0 aromatic rings. The zero-order chi connectivity index (χ0) is 29.0. The summed E-state index contributed by atoms with van der Waals surface area (Å²) in [7, 11) is -1.17. The van der Waals surface area contributed by atoms with E-state index >= 15 is 0 Å². The first-order chi connectivity index (χ1) is 17.5. The van der Waals surface area contributed by atoms with Gasteiger partial charge in [0, 0.05) is 18.1 Å². The molecule has 2 aliphatic heterocycles. The van der Waals surface area contributed by atoms with Crippen molar-refractivity contribution >= 4 is 10.4 Å². The average molecular weight is 576 g/mol. The molecule has 3 fully saturated rings. The van der Waals surface area contributed by atoms with E-state index in [0.29, 0.717) is 12.8 Å². The predicted octanol–water partition coefficient (Wildman–Crippen LogP) is -3.98. The van der Waals surface area contributed by atoms with E-state index in [9.17, 15) is 15.3 Å². The van der Waals surface area contributed by atoms with Gasteiger partial charge in [0.05, 0.1) is 24.8 Å². The third-order valence-electron chi connectivity index (χ3n) is 7.24. The van der Waals surface area contributed by atoms with Gasteiger partial charge in [-0.2, -0.15) is 8.42 Å². The molecule has 0 amide bonds. The minimum Gasteiger partial charge on any atom is -0.388 e. The summed E-state index contributed by atoms with van der Waals surface area (Å²) in [5, 5.41) is 38.3. The summed E-state index contributed by atoms with van der Waals surface area (Å²) in [6.07, 6.45) is -4.22. The van der Waals surface area contributed by atoms with Crippen LogP contribution in [0.2, 0.25) is 0 Å². The smallest absolute Gasteiger partial charge is 0.388 e. The van der Waals surface area contributed by atoms with Gasteiger partial charge in [-0.3, -0.25) is 9.11 Å². The number of aliphatic hydroxyl groups excluding tert-OH is 2. The first-order valence-electron chi connectivity index (χ1n) is 12.5. The predicted molar refractivity (Wildman–Crippen MR) is 134 cm³/mol. The van der Waals surface area contributed by atoms with Crippen LogP contribution in [-0.4, -0.2) is 132 Å². The molecule has 13 N–H and O–H groups in total. The third-order valence-corrected chi connectivity index (χ3v) is 7.24. The molecule has 3 rings (SSSR count). The lowest BCUT2D eigenvalue weighted by atomic mass is 9.84. The minimum absolute atomic E-state index is 0.0620. The summed E-state index contributed by atoms with van der Waals surface area (Å²) in [6, 6.07) is -2.11. The van der Waals surface area contributed by atoms with Gasteiger partial charge in [-0.1, -0.05) is 0 Å². The van der Waals surface area contributed by atoms with Gasteiger partial charge in [-0.05, 0) is 47.2 Å². The highest BCUT2D eigenvalue weighted by Crippen LogP contribution is 2.31. The Hall–Kier alpha value is -0.610. The van der Waals surface area contributed by atoms with E-state index in [4.69, 9.17) is 53.7 Å². The van der Waals surface area contributed by atoms with Crippen molar-refractivity contribution in [2.45, 2.75) is 112 Å². The number of ether oxygens (including phenoxy) is 4. The maximum absolute atomic E-state index is 11.1. The van der Waals surface area contributed by atoms with Gasteiger partial charge in [0.2, 0.25) is 0 Å². The molecule has 0 spiro atoms. The number of nitrogens with two attached hydrogens (primary N) is 3. The quantitative estimate of drug-likeness (QED) is 0.130. The maximum atomic E-state index is 11.1. The first-order valence-corrected chi connectivity index (χ1v) is 13.9. The second-order valence-corrected chi connectivity index (χ2v) is 11.3. The van der Waals surface area contributed by atoms with Gasteiger partial charge < -0.3 is 62.1 Å². The highest BCUT2D eigenvalue weighted by Gasteiger charge is 2.50. The lowest BCUT2D eigenvalue weighted by Crippen LogP contribution is -2.68. The van der Waals surface area contributed by atoms with Crippen LogP contribution in [0.3, 0.4) is 0 Å². The Morgan fingerprint density at radius 3 is 2.00 bits per heavy atom. The molecule has 13 atom stereocenters. The zero-order valence-corrected chi connectivity index (χ0v) is 22.9. The van der Waals surface area contributed by atoms with Crippen molar-refractivity contribution in [3.05, 3.63) is 0 Å². The molecule has 2 saturated heterocycles. The fourth-order valence-electron chi connectivity index (χ4n) is 5.04. The van der Waals surface area contributed by atoms with Crippen molar-refractivity contribution in [1.82, 2.24) is 10.6 Å². The van der Waals surface area contributed by atoms with E-state index < -0.39 is 71.1 Å². The SMILES string of the molecule is CNC(C)[C@@H]1CC[C@@H](N)C(O[C@H]2C(N)C[C@@H](N)C(OC3OCC(C)(O)[C@@H](NC)[C@H]3O)[C@@H]2O)O1.O=S(=O)(O)O. The van der Waals surface area contributed by atoms with Crippen molar-refractivity contribution in [2.24, 2.45) is 17.2 Å². The summed E-state index contributed by atoms with van der Waals surface area (Å²) in [5.74, 6) is 0. The molecule has 0 bridgehead atoms. The van der Waals surface area contributed by atoms with Crippen LogP contribution in [0.4, 0.5) is 0 Å². The fourth-order valence-corrected chi connectivity index (χ4v) is 5.04. The lowest BCUT2D eigenvalue weighted by molar-refractivity contribution is -0.307. The summed E-state index contributed by atoms with van der Waals surface area (Å²) >= 11 is 0. The second-order valence-electron chi connectivity index (χ2n) is 10.4. The summed E-state index contributed by atoms with van der Waals surface area (Å²) in [6.45, 7) is 3.52. The summed E-state index contributed by atoms with van der Waals surface area (Å²) < 4.78 is 55.3. The topological polar surface area (TPSA) is 274 Å². The van der Waals surface area contributed by atoms with Crippen LogP contribution in [0.5, 0.6) is 0 Å². The molecular formula is C21H45N5O11S. The molecule has 0 aromatic heterocycles. The van der Waals surface area contributed by atoms with Crippen LogP contribution < -0.4 is 27.8 Å². The average Bonchev–Trinajstić information content (AvgIpc) is 2.80. The largest absolute Gasteiger partial charge is 0.394 e. The standard InChI is InChI=1S/C21H43N5O7.H2O4S/c1-9(25-3)13-6-5-10(22)19(31-13)32-16-11(23)7-12(24)17(14(16)27)33-20-15(28)18(26-4)21(2,29)8-30-20;1-5(2,3)4/h9-20,25-29H,5-8,22-24H2,1-4H3;(H2,1,2,3,4)/t9?,10-,11?,12-,13+,14-,15-,16+,17?,18+,19?,20?,21?;/m1./s1. The van der Waals surface area contributed by atoms with E-state index in [-0.39, 0.29) is 24.8 Å². The molecule has 3 aliphatic rings. The number of hydrogen-bond acceptors (Lipinski definition) is 14. The Morgan fingerprint density at radius 1 is 0.974 bits per heavy atom. The van der Waals surface area contributed by atoms with Crippen molar-refractivity contribution in [1.29, 1.82) is 0 Å². The number of rotatable bonds is 7. The number of hydrogen-bond donors (Lipinski definition) is 10. The Kier molecular flexibility index (Phi) is 12.2. The molecule has 6 unspecified atom stereocenters. The van der Waals surface area contributed by atoms with Gasteiger partial charge >= 0.3 is 10.4 Å². The zero-order valence-electron chi connectivity index (χ0n) is 22.1. The Labute approximate surface area is 223 Å². The highest BCUT2D eigenvalue weighted by atomic mass is 32.3. The lowest BCUT2D eigenvalue weighted by Gasteiger charge is -2.48. The Morgan fingerprint density at radius 2 is 1.50 bits per heavy atom. The second kappa shape index (κ2) is 13.8. The molecule has 16 nitrogen and oxygen atoms in total. The highest BCUT2D eigenvalue weighted by molar-refractivity contribution is 7.79. The molecule has 1 saturated carbocycles. The van der Waals surface area contributed by atoms with Crippen LogP contribution in [0, 0.1) is 0 Å². The molecule has 0 aromatic carbocycles. The van der Waals surface area contributed by atoms with Gasteiger partial charge in [0.15, 0.2) is 12.6 Å². The monoisotopic (exact) mass is 575 g/mol.